The molecule has 1 aromatic carbocycles. The van der Waals surface area contributed by atoms with E-state index < -0.39 is 0 Å². The van der Waals surface area contributed by atoms with E-state index in [9.17, 15) is 4.79 Å². The maximum atomic E-state index is 10.7. The summed E-state index contributed by atoms with van der Waals surface area (Å²) in [6, 6.07) is 7.86. The lowest BCUT2D eigenvalue weighted by atomic mass is 10.0. The van der Waals surface area contributed by atoms with Crippen LogP contribution in [-0.2, 0) is 11.8 Å². The van der Waals surface area contributed by atoms with E-state index in [-0.39, 0.29) is 6.04 Å². The van der Waals surface area contributed by atoms with Crippen molar-refractivity contribution in [2.45, 2.75) is 13.0 Å². The first-order valence-electron chi connectivity index (χ1n) is 5.46. The highest BCUT2D eigenvalue weighted by Gasteiger charge is 2.16. The normalized spacial score (nSPS) is 12.1. The van der Waals surface area contributed by atoms with Crippen LogP contribution in [0.4, 0.5) is 0 Å². The molecular formula is C13H15N3O. The van der Waals surface area contributed by atoms with Crippen LogP contribution >= 0.6 is 0 Å². The van der Waals surface area contributed by atoms with Gasteiger partial charge in [-0.2, -0.15) is 0 Å². The zero-order valence-electron chi connectivity index (χ0n) is 9.92. The third-order valence-electron chi connectivity index (χ3n) is 2.76. The number of hydrogen-bond donors (Lipinski definition) is 1. The summed E-state index contributed by atoms with van der Waals surface area (Å²) in [5.41, 5.74) is 2.22. The maximum Gasteiger partial charge on any atom is 0.207 e. The first kappa shape index (κ1) is 11.4. The van der Waals surface area contributed by atoms with Crippen LogP contribution in [0.5, 0.6) is 0 Å². The number of hydrogen-bond acceptors (Lipinski definition) is 2. The van der Waals surface area contributed by atoms with Gasteiger partial charge in [-0.15, -0.1) is 0 Å². The number of carbonyl (C=O) groups excluding carboxylic acids is 1. The summed E-state index contributed by atoms with van der Waals surface area (Å²) >= 11 is 0. The van der Waals surface area contributed by atoms with Gasteiger partial charge in [-0.05, 0) is 12.5 Å². The van der Waals surface area contributed by atoms with E-state index in [0.29, 0.717) is 6.41 Å². The van der Waals surface area contributed by atoms with Gasteiger partial charge in [-0.25, -0.2) is 4.98 Å². The van der Waals surface area contributed by atoms with Gasteiger partial charge in [0.15, 0.2) is 0 Å². The SMILES string of the molecule is Cc1ccc(C(NC=O)c2nccn2C)cc1. The van der Waals surface area contributed by atoms with Gasteiger partial charge < -0.3 is 9.88 Å². The van der Waals surface area contributed by atoms with E-state index in [1.165, 1.54) is 5.56 Å². The molecule has 0 bridgehead atoms. The topological polar surface area (TPSA) is 46.9 Å². The van der Waals surface area contributed by atoms with Gasteiger partial charge in [0.1, 0.15) is 11.9 Å². The zero-order valence-corrected chi connectivity index (χ0v) is 9.92. The van der Waals surface area contributed by atoms with Gasteiger partial charge in [0.2, 0.25) is 6.41 Å². The highest BCUT2D eigenvalue weighted by Crippen LogP contribution is 2.20. The number of aryl methyl sites for hydroxylation is 2. The third kappa shape index (κ3) is 2.36. The number of amides is 1. The summed E-state index contributed by atoms with van der Waals surface area (Å²) < 4.78 is 1.90. The standard InChI is InChI=1S/C13H15N3O/c1-10-3-5-11(6-4-10)12(15-9-17)13-14-7-8-16(13)2/h3-9,12H,1-2H3,(H,15,17). The fourth-order valence-corrected chi connectivity index (χ4v) is 1.80. The molecule has 0 saturated heterocycles. The molecule has 0 fully saturated rings. The summed E-state index contributed by atoms with van der Waals surface area (Å²) in [6.45, 7) is 2.03. The van der Waals surface area contributed by atoms with Crippen molar-refractivity contribution in [3.8, 4) is 0 Å². The molecule has 1 unspecified atom stereocenters. The number of nitrogens with zero attached hydrogens (tertiary/aromatic N) is 2. The zero-order chi connectivity index (χ0) is 12.3. The molecular weight excluding hydrogens is 214 g/mol. The lowest BCUT2D eigenvalue weighted by Crippen LogP contribution is -2.23. The van der Waals surface area contributed by atoms with Crippen molar-refractivity contribution in [3.63, 3.8) is 0 Å². The first-order valence-corrected chi connectivity index (χ1v) is 5.46. The summed E-state index contributed by atoms with van der Waals surface area (Å²) in [5.74, 6) is 0.820. The Morgan fingerprint density at radius 3 is 2.59 bits per heavy atom. The quantitative estimate of drug-likeness (QED) is 0.809. The van der Waals surface area contributed by atoms with E-state index in [1.807, 2.05) is 49.0 Å². The maximum absolute atomic E-state index is 10.7. The molecule has 2 rings (SSSR count). The van der Waals surface area contributed by atoms with E-state index in [2.05, 4.69) is 10.3 Å². The molecule has 0 radical (unpaired) electrons. The highest BCUT2D eigenvalue weighted by atomic mass is 16.1. The van der Waals surface area contributed by atoms with E-state index in [1.54, 1.807) is 6.20 Å². The van der Waals surface area contributed by atoms with Gasteiger partial charge in [0.05, 0.1) is 0 Å². The van der Waals surface area contributed by atoms with Crippen molar-refractivity contribution in [1.29, 1.82) is 0 Å². The van der Waals surface area contributed by atoms with Crippen LogP contribution in [-0.4, -0.2) is 16.0 Å². The molecule has 0 saturated carbocycles. The monoisotopic (exact) mass is 229 g/mol. The molecule has 1 aromatic heterocycles. The van der Waals surface area contributed by atoms with Gasteiger partial charge in [-0.3, -0.25) is 4.79 Å². The largest absolute Gasteiger partial charge is 0.345 e. The Morgan fingerprint density at radius 1 is 1.35 bits per heavy atom. The van der Waals surface area contributed by atoms with Crippen LogP contribution in [0.1, 0.15) is 23.0 Å². The number of aromatic nitrogens is 2. The Hall–Kier alpha value is -2.10. The van der Waals surface area contributed by atoms with Crippen LogP contribution < -0.4 is 5.32 Å². The first-order chi connectivity index (χ1) is 8.22. The molecule has 88 valence electrons. The lowest BCUT2D eigenvalue weighted by molar-refractivity contribution is -0.110. The van der Waals surface area contributed by atoms with Crippen LogP contribution in [0.2, 0.25) is 0 Å². The smallest absolute Gasteiger partial charge is 0.207 e. The Labute approximate surface area is 100 Å². The second-order valence-corrected chi connectivity index (χ2v) is 4.02. The van der Waals surface area contributed by atoms with E-state index in [0.717, 1.165) is 11.4 Å². The van der Waals surface area contributed by atoms with Crippen molar-refractivity contribution >= 4 is 6.41 Å². The van der Waals surface area contributed by atoms with Crippen LogP contribution in [0.25, 0.3) is 0 Å². The molecule has 1 heterocycles. The molecule has 1 N–H and O–H groups in total. The van der Waals surface area contributed by atoms with Crippen molar-refractivity contribution < 1.29 is 4.79 Å². The van der Waals surface area contributed by atoms with E-state index >= 15 is 0 Å². The molecule has 0 aliphatic carbocycles. The number of imidazole rings is 1. The molecule has 0 aliphatic heterocycles. The number of benzene rings is 1. The second-order valence-electron chi connectivity index (χ2n) is 4.02. The van der Waals surface area contributed by atoms with Crippen molar-refractivity contribution in [1.82, 2.24) is 14.9 Å². The van der Waals surface area contributed by atoms with Gasteiger partial charge >= 0.3 is 0 Å². The molecule has 0 spiro atoms. The predicted molar refractivity (Wildman–Crippen MR) is 65.4 cm³/mol. The lowest BCUT2D eigenvalue weighted by Gasteiger charge is -2.16. The number of carbonyl (C=O) groups is 1. The Bertz CT molecular complexity index is 502. The minimum absolute atomic E-state index is 0.201. The van der Waals surface area contributed by atoms with Gasteiger partial charge in [-0.1, -0.05) is 29.8 Å². The fourth-order valence-electron chi connectivity index (χ4n) is 1.80. The predicted octanol–water partition coefficient (Wildman–Crippen LogP) is 1.56. The Morgan fingerprint density at radius 2 is 2.06 bits per heavy atom. The van der Waals surface area contributed by atoms with Crippen molar-refractivity contribution in [2.24, 2.45) is 7.05 Å². The Balaban J connectivity index is 2.38. The molecule has 1 atom stereocenters. The average Bonchev–Trinajstić information content (AvgIpc) is 2.74. The van der Waals surface area contributed by atoms with Gasteiger partial charge in [0.25, 0.3) is 0 Å². The summed E-state index contributed by atoms with van der Waals surface area (Å²) in [4.78, 5) is 15.0. The van der Waals surface area contributed by atoms with Crippen molar-refractivity contribution in [3.05, 3.63) is 53.6 Å². The van der Waals surface area contributed by atoms with Crippen molar-refractivity contribution in [2.75, 3.05) is 0 Å². The molecule has 1 amide bonds. The molecule has 0 aliphatic rings. The average molecular weight is 229 g/mol. The summed E-state index contributed by atoms with van der Waals surface area (Å²) in [5, 5.41) is 2.80. The number of rotatable bonds is 4. The fraction of sp³-hybridized carbons (Fsp3) is 0.231. The van der Waals surface area contributed by atoms with E-state index in [4.69, 9.17) is 0 Å². The molecule has 2 aromatic rings. The second kappa shape index (κ2) is 4.82. The minimum Gasteiger partial charge on any atom is -0.345 e. The minimum atomic E-state index is -0.201. The highest BCUT2D eigenvalue weighted by molar-refractivity contribution is 5.49. The van der Waals surface area contributed by atoms with Crippen LogP contribution in [0.15, 0.2) is 36.7 Å². The summed E-state index contributed by atoms with van der Waals surface area (Å²) in [7, 11) is 1.91. The third-order valence-corrected chi connectivity index (χ3v) is 2.76. The molecule has 4 nitrogen and oxygen atoms in total. The molecule has 4 heteroatoms. The summed E-state index contributed by atoms with van der Waals surface area (Å²) in [6.07, 6.45) is 4.30. The Kier molecular flexibility index (Phi) is 3.23. The van der Waals surface area contributed by atoms with Crippen LogP contribution in [0, 0.1) is 6.92 Å². The number of nitrogens with one attached hydrogen (secondary N) is 1. The van der Waals surface area contributed by atoms with Gasteiger partial charge in [0, 0.05) is 19.4 Å². The molecule has 17 heavy (non-hydrogen) atoms. The van der Waals surface area contributed by atoms with Crippen LogP contribution in [0.3, 0.4) is 0 Å².